The van der Waals surface area contributed by atoms with Crippen LogP contribution < -0.4 is 11.3 Å². The van der Waals surface area contributed by atoms with Crippen molar-refractivity contribution in [1.29, 1.82) is 0 Å². The number of aryl methyl sites for hydroxylation is 1. The molecule has 17 heavy (non-hydrogen) atoms. The van der Waals surface area contributed by atoms with Gasteiger partial charge in [0.05, 0.1) is 6.04 Å². The van der Waals surface area contributed by atoms with Crippen molar-refractivity contribution >= 4 is 45.5 Å². The number of thiophene rings is 1. The quantitative estimate of drug-likeness (QED) is 0.483. The fraction of sp³-hybridized carbons (Fsp3) is 0.167. The van der Waals surface area contributed by atoms with Crippen LogP contribution in [0.3, 0.4) is 0 Å². The largest absolute Gasteiger partial charge is 0.271 e. The van der Waals surface area contributed by atoms with Gasteiger partial charge < -0.3 is 0 Å². The van der Waals surface area contributed by atoms with E-state index in [1.807, 2.05) is 18.2 Å². The van der Waals surface area contributed by atoms with Gasteiger partial charge in [-0.2, -0.15) is 0 Å². The number of hydrazine groups is 1. The summed E-state index contributed by atoms with van der Waals surface area (Å²) >= 11 is 10.1. The van der Waals surface area contributed by atoms with Crippen molar-refractivity contribution in [1.82, 2.24) is 5.43 Å². The van der Waals surface area contributed by atoms with Crippen LogP contribution in [0, 0.1) is 10.5 Å². The van der Waals surface area contributed by atoms with Crippen molar-refractivity contribution in [3.05, 3.63) is 54.2 Å². The number of hydrogen-bond donors (Lipinski definition) is 2. The highest BCUT2D eigenvalue weighted by atomic mass is 127. The van der Waals surface area contributed by atoms with Crippen molar-refractivity contribution in [3.63, 3.8) is 0 Å². The van der Waals surface area contributed by atoms with Gasteiger partial charge in [0.2, 0.25) is 0 Å². The van der Waals surface area contributed by atoms with E-state index in [0.717, 1.165) is 14.2 Å². The minimum Gasteiger partial charge on any atom is -0.271 e. The third-order valence-electron chi connectivity index (χ3n) is 2.65. The van der Waals surface area contributed by atoms with Crippen LogP contribution in [0.1, 0.15) is 22.0 Å². The second-order valence-corrected chi connectivity index (χ2v) is 6.42. The summed E-state index contributed by atoms with van der Waals surface area (Å²) < 4.78 is 1.15. The predicted octanol–water partition coefficient (Wildman–Crippen LogP) is 3.87. The summed E-state index contributed by atoms with van der Waals surface area (Å²) in [5.41, 5.74) is 5.19. The minimum atomic E-state index is -0.00755. The molecular weight excluding hydrogens is 367 g/mol. The monoisotopic (exact) mass is 378 g/mol. The first-order chi connectivity index (χ1) is 8.13. The normalized spacial score (nSPS) is 12.7. The molecule has 1 heterocycles. The molecule has 0 radical (unpaired) electrons. The van der Waals surface area contributed by atoms with Crippen LogP contribution in [0.4, 0.5) is 0 Å². The predicted molar refractivity (Wildman–Crippen MR) is 82.4 cm³/mol. The van der Waals surface area contributed by atoms with Gasteiger partial charge in [0, 0.05) is 13.5 Å². The molecule has 0 saturated heterocycles. The Labute approximate surface area is 123 Å². The van der Waals surface area contributed by atoms with Gasteiger partial charge in [0.25, 0.3) is 0 Å². The maximum atomic E-state index is 6.05. The first kappa shape index (κ1) is 13.3. The summed E-state index contributed by atoms with van der Waals surface area (Å²) in [6, 6.07) is 7.95. The molecule has 0 aliphatic heterocycles. The Morgan fingerprint density at radius 2 is 2.12 bits per heavy atom. The highest BCUT2D eigenvalue weighted by Crippen LogP contribution is 2.31. The third kappa shape index (κ3) is 2.82. The summed E-state index contributed by atoms with van der Waals surface area (Å²) in [7, 11) is 0. The second kappa shape index (κ2) is 5.67. The Bertz CT molecular complexity index is 527. The summed E-state index contributed by atoms with van der Waals surface area (Å²) in [6.45, 7) is 2.10. The van der Waals surface area contributed by atoms with Gasteiger partial charge in [0.15, 0.2) is 0 Å². The maximum absolute atomic E-state index is 6.05. The highest BCUT2D eigenvalue weighted by molar-refractivity contribution is 14.1. The molecule has 0 aliphatic rings. The number of hydrogen-bond acceptors (Lipinski definition) is 3. The van der Waals surface area contributed by atoms with Crippen molar-refractivity contribution < 1.29 is 0 Å². The van der Waals surface area contributed by atoms with Gasteiger partial charge in [-0.15, -0.1) is 11.3 Å². The van der Waals surface area contributed by atoms with Crippen LogP contribution in [-0.2, 0) is 0 Å². The smallest absolute Gasteiger partial charge is 0.0731 e. The van der Waals surface area contributed by atoms with E-state index < -0.39 is 0 Å². The van der Waals surface area contributed by atoms with Gasteiger partial charge in [-0.05, 0) is 70.3 Å². The summed E-state index contributed by atoms with van der Waals surface area (Å²) in [4.78, 5) is 1.27. The Morgan fingerprint density at radius 3 is 2.71 bits per heavy atom. The van der Waals surface area contributed by atoms with E-state index >= 15 is 0 Å². The van der Waals surface area contributed by atoms with Crippen LogP contribution in [0.15, 0.2) is 29.6 Å². The number of benzene rings is 1. The zero-order valence-electron chi connectivity index (χ0n) is 9.21. The van der Waals surface area contributed by atoms with Crippen LogP contribution in [-0.4, -0.2) is 0 Å². The van der Waals surface area contributed by atoms with E-state index in [4.69, 9.17) is 17.4 Å². The summed E-state index contributed by atoms with van der Waals surface area (Å²) in [5.74, 6) is 5.69. The molecule has 0 fully saturated rings. The first-order valence-corrected chi connectivity index (χ1v) is 7.42. The van der Waals surface area contributed by atoms with E-state index in [-0.39, 0.29) is 6.04 Å². The molecule has 0 bridgehead atoms. The Kier molecular flexibility index (Phi) is 4.43. The number of halogens is 2. The van der Waals surface area contributed by atoms with Crippen LogP contribution in [0.25, 0.3) is 0 Å². The fourth-order valence-corrected chi connectivity index (χ4v) is 3.35. The number of nitrogens with one attached hydrogen (secondary N) is 1. The van der Waals surface area contributed by atoms with E-state index in [9.17, 15) is 0 Å². The molecule has 2 aromatic rings. The zero-order chi connectivity index (χ0) is 12.4. The van der Waals surface area contributed by atoms with Gasteiger partial charge >= 0.3 is 0 Å². The average Bonchev–Trinajstić information content (AvgIpc) is 2.71. The molecule has 90 valence electrons. The molecule has 3 N–H and O–H groups in total. The molecule has 5 heteroatoms. The maximum Gasteiger partial charge on any atom is 0.0731 e. The number of rotatable bonds is 3. The molecule has 0 spiro atoms. The van der Waals surface area contributed by atoms with Crippen LogP contribution in [0.5, 0.6) is 0 Å². The molecular formula is C12H12ClIN2S. The van der Waals surface area contributed by atoms with E-state index in [2.05, 4.69) is 46.4 Å². The minimum absolute atomic E-state index is 0.00755. The van der Waals surface area contributed by atoms with Gasteiger partial charge in [-0.3, -0.25) is 5.84 Å². The SMILES string of the molecule is Cc1sccc1C(NN)c1cc(Cl)ccc1I. The fourth-order valence-electron chi connectivity index (χ4n) is 1.78. The van der Waals surface area contributed by atoms with Crippen LogP contribution >= 0.6 is 45.5 Å². The van der Waals surface area contributed by atoms with Crippen molar-refractivity contribution in [3.8, 4) is 0 Å². The van der Waals surface area contributed by atoms with Crippen molar-refractivity contribution in [2.45, 2.75) is 13.0 Å². The lowest BCUT2D eigenvalue weighted by atomic mass is 10.0. The second-order valence-electron chi connectivity index (χ2n) is 3.70. The van der Waals surface area contributed by atoms with E-state index in [0.29, 0.717) is 0 Å². The molecule has 1 atom stereocenters. The zero-order valence-corrected chi connectivity index (χ0v) is 12.9. The van der Waals surface area contributed by atoms with Crippen molar-refractivity contribution in [2.24, 2.45) is 5.84 Å². The topological polar surface area (TPSA) is 38.0 Å². The van der Waals surface area contributed by atoms with Gasteiger partial charge in [0.1, 0.15) is 0 Å². The third-order valence-corrected chi connectivity index (χ3v) is 4.72. The molecule has 1 aromatic carbocycles. The Balaban J connectivity index is 2.49. The molecule has 0 aliphatic carbocycles. The van der Waals surface area contributed by atoms with Gasteiger partial charge in [-0.1, -0.05) is 11.6 Å². The lowest BCUT2D eigenvalue weighted by molar-refractivity contribution is 0.634. The van der Waals surface area contributed by atoms with E-state index in [1.165, 1.54) is 10.4 Å². The summed E-state index contributed by atoms with van der Waals surface area (Å²) in [5, 5.41) is 2.81. The molecule has 2 nitrogen and oxygen atoms in total. The van der Waals surface area contributed by atoms with Crippen molar-refractivity contribution in [2.75, 3.05) is 0 Å². The van der Waals surface area contributed by atoms with E-state index in [1.54, 1.807) is 11.3 Å². The number of nitrogens with two attached hydrogens (primary N) is 1. The first-order valence-electron chi connectivity index (χ1n) is 5.08. The summed E-state index contributed by atoms with van der Waals surface area (Å²) in [6.07, 6.45) is 0. The Hall–Kier alpha value is -0.140. The van der Waals surface area contributed by atoms with Gasteiger partial charge in [-0.25, -0.2) is 5.43 Å². The standard InChI is InChI=1S/C12H12ClIN2S/c1-7-9(4-5-17-7)12(16-15)10-6-8(13)2-3-11(10)14/h2-6,12,16H,15H2,1H3. The highest BCUT2D eigenvalue weighted by Gasteiger charge is 2.18. The van der Waals surface area contributed by atoms with Crippen LogP contribution in [0.2, 0.25) is 5.02 Å². The molecule has 2 rings (SSSR count). The molecule has 0 amide bonds. The molecule has 0 saturated carbocycles. The lowest BCUT2D eigenvalue weighted by Gasteiger charge is -2.18. The molecule has 1 unspecified atom stereocenters. The average molecular weight is 379 g/mol. The Morgan fingerprint density at radius 1 is 1.35 bits per heavy atom. The molecule has 1 aromatic heterocycles. The lowest BCUT2D eigenvalue weighted by Crippen LogP contribution is -2.29.